The Kier molecular flexibility index (Phi) is 9.01. The highest BCUT2D eigenvalue weighted by Gasteiger charge is 2.35. The van der Waals surface area contributed by atoms with Gasteiger partial charge in [-0.1, -0.05) is 106 Å². The summed E-state index contributed by atoms with van der Waals surface area (Å²) in [4.78, 5) is 11.8. The first-order chi connectivity index (χ1) is 16.2. The van der Waals surface area contributed by atoms with Gasteiger partial charge in [0.05, 0.1) is 0 Å². The van der Waals surface area contributed by atoms with Crippen molar-refractivity contribution in [1.82, 2.24) is 5.09 Å². The van der Waals surface area contributed by atoms with Gasteiger partial charge in [0, 0.05) is 22.9 Å². The van der Waals surface area contributed by atoms with Gasteiger partial charge in [0.15, 0.2) is 0 Å². The summed E-state index contributed by atoms with van der Waals surface area (Å²) in [5.74, 6) is 1.07. The fraction of sp³-hybridized carbons (Fsp3) is 0.552. The van der Waals surface area contributed by atoms with Crippen LogP contribution in [0.1, 0.15) is 93.2 Å². The van der Waals surface area contributed by atoms with E-state index in [9.17, 15) is 9.90 Å². The lowest BCUT2D eigenvalue weighted by atomic mass is 9.72. The number of amides is 1. The van der Waals surface area contributed by atoms with Crippen molar-refractivity contribution >= 4 is 24.5 Å². The first-order valence-electron chi connectivity index (χ1n) is 12.4. The maximum atomic E-state index is 11.8. The van der Waals surface area contributed by atoms with Gasteiger partial charge in [-0.2, -0.15) is 0 Å². The lowest BCUT2D eigenvalue weighted by Gasteiger charge is -2.36. The zero-order valence-electron chi connectivity index (χ0n) is 23.6. The van der Waals surface area contributed by atoms with Crippen molar-refractivity contribution in [2.75, 3.05) is 0 Å². The van der Waals surface area contributed by atoms with Gasteiger partial charge in [0.2, 0.25) is 0 Å². The Labute approximate surface area is 223 Å². The molecule has 0 bridgehead atoms. The van der Waals surface area contributed by atoms with Crippen LogP contribution in [-0.4, -0.2) is 11.2 Å². The first-order valence-corrected chi connectivity index (χ1v) is 15.1. The van der Waals surface area contributed by atoms with Crippen molar-refractivity contribution in [3.05, 3.63) is 59.7 Å². The number of carboxylic acid groups (broad SMARTS) is 1. The molecule has 200 valence electrons. The van der Waals surface area contributed by atoms with Crippen molar-refractivity contribution in [3.8, 4) is 11.5 Å². The summed E-state index contributed by atoms with van der Waals surface area (Å²) in [6, 6.07) is 15.4. The minimum atomic E-state index is -3.53. The van der Waals surface area contributed by atoms with E-state index in [4.69, 9.17) is 20.9 Å². The molecule has 0 saturated carbocycles. The van der Waals surface area contributed by atoms with Gasteiger partial charge < -0.3 is 14.2 Å². The Bertz CT molecular complexity index is 1040. The Morgan fingerprint density at radius 1 is 0.750 bits per heavy atom. The maximum absolute atomic E-state index is 11.8. The monoisotopic (exact) mass is 533 g/mol. The van der Waals surface area contributed by atoms with Crippen LogP contribution in [0, 0.1) is 10.8 Å². The molecular weight excluding hydrogens is 489 g/mol. The quantitative estimate of drug-likeness (QED) is 0.315. The lowest BCUT2D eigenvalue weighted by Crippen LogP contribution is -2.28. The fourth-order valence-electron chi connectivity index (χ4n) is 5.49. The molecule has 2 rings (SSSR count). The lowest BCUT2D eigenvalue weighted by molar-refractivity contribution is 0.199. The summed E-state index contributed by atoms with van der Waals surface area (Å²) in [6.45, 7) is 18.3. The molecule has 0 fully saturated rings. The van der Waals surface area contributed by atoms with E-state index in [1.165, 1.54) is 0 Å². The summed E-state index contributed by atoms with van der Waals surface area (Å²) >= 11 is 5.80. The summed E-state index contributed by atoms with van der Waals surface area (Å²) < 4.78 is 12.7. The summed E-state index contributed by atoms with van der Waals surface area (Å²) in [5, 5.41) is 12.1. The largest absolute Gasteiger partial charge is 0.465 e. The van der Waals surface area contributed by atoms with Crippen LogP contribution in [0.15, 0.2) is 48.5 Å². The standard InChI is InChI=1S/C29H44NO4PS/c1-26(2,3)19-28(7,8)21-15-11-13-17-23(21)33-35(36,30-25(31)32)34-24-18-14-12-16-22(24)29(9,10)20-27(4,5)6/h11-18H,19-20H2,1-10H3,(H,30,36)(H,31,32). The third-order valence-electron chi connectivity index (χ3n) is 5.85. The number of hydrogen-bond acceptors (Lipinski definition) is 4. The van der Waals surface area contributed by atoms with Crippen LogP contribution >= 0.6 is 6.64 Å². The second kappa shape index (κ2) is 10.8. The number of carbonyl (C=O) groups is 1. The van der Waals surface area contributed by atoms with Gasteiger partial charge in [-0.05, 0) is 46.6 Å². The van der Waals surface area contributed by atoms with E-state index >= 15 is 0 Å². The number of benzene rings is 2. The summed E-state index contributed by atoms with van der Waals surface area (Å²) in [7, 11) is 0. The molecule has 7 heteroatoms. The minimum Gasteiger partial charge on any atom is -0.465 e. The van der Waals surface area contributed by atoms with Gasteiger partial charge >= 0.3 is 12.7 Å². The second-order valence-corrected chi connectivity index (χ2v) is 16.4. The van der Waals surface area contributed by atoms with Gasteiger partial charge in [-0.15, -0.1) is 0 Å². The molecule has 0 unspecified atom stereocenters. The normalized spacial score (nSPS) is 13.3. The van der Waals surface area contributed by atoms with E-state index in [2.05, 4.69) is 74.3 Å². The number of rotatable bonds is 9. The SMILES string of the molecule is CC(C)(C)CC(C)(C)c1ccccc1OP(=S)(NC(=O)O)Oc1ccccc1C(C)(C)CC(C)(C)C. The van der Waals surface area contributed by atoms with Crippen molar-refractivity contribution in [1.29, 1.82) is 0 Å². The molecule has 2 aromatic rings. The molecule has 1 amide bonds. The summed E-state index contributed by atoms with van der Waals surface area (Å²) in [6.07, 6.45) is 0.525. The van der Waals surface area contributed by atoms with Gasteiger partial charge in [0.25, 0.3) is 0 Å². The highest BCUT2D eigenvalue weighted by atomic mass is 32.5. The smallest absolute Gasteiger partial charge is 0.413 e. The fourth-order valence-corrected chi connectivity index (χ4v) is 7.41. The van der Waals surface area contributed by atoms with Crippen LogP contribution in [0.3, 0.4) is 0 Å². The molecule has 0 atom stereocenters. The topological polar surface area (TPSA) is 67.8 Å². The molecule has 5 nitrogen and oxygen atoms in total. The predicted molar refractivity (Wildman–Crippen MR) is 154 cm³/mol. The first kappa shape index (κ1) is 30.2. The maximum Gasteiger partial charge on any atom is 0.413 e. The highest BCUT2D eigenvalue weighted by Crippen LogP contribution is 2.51. The number of para-hydroxylation sites is 2. The highest BCUT2D eigenvalue weighted by molar-refractivity contribution is 8.09. The van der Waals surface area contributed by atoms with E-state index in [1.807, 2.05) is 48.5 Å². The molecule has 2 aromatic carbocycles. The zero-order valence-corrected chi connectivity index (χ0v) is 25.3. The third kappa shape index (κ3) is 8.81. The van der Waals surface area contributed by atoms with E-state index in [0.29, 0.717) is 11.5 Å². The Morgan fingerprint density at radius 3 is 1.39 bits per heavy atom. The van der Waals surface area contributed by atoms with Crippen LogP contribution in [0.25, 0.3) is 0 Å². The minimum absolute atomic E-state index is 0.0875. The molecule has 0 aromatic heterocycles. The van der Waals surface area contributed by atoms with Crippen LogP contribution in [0.5, 0.6) is 11.5 Å². The molecule has 2 N–H and O–H groups in total. The second-order valence-electron chi connectivity index (χ2n) is 13.3. The van der Waals surface area contributed by atoms with E-state index in [-0.39, 0.29) is 21.7 Å². The Hall–Kier alpha value is -2.04. The molecule has 0 aliphatic heterocycles. The Morgan fingerprint density at radius 2 is 1.08 bits per heavy atom. The van der Waals surface area contributed by atoms with Crippen molar-refractivity contribution < 1.29 is 18.9 Å². The van der Waals surface area contributed by atoms with Crippen molar-refractivity contribution in [2.45, 2.75) is 92.9 Å². The van der Waals surface area contributed by atoms with Gasteiger partial charge in [0.1, 0.15) is 11.5 Å². The van der Waals surface area contributed by atoms with Crippen LogP contribution < -0.4 is 14.1 Å². The average molecular weight is 534 g/mol. The summed E-state index contributed by atoms with van der Waals surface area (Å²) in [5.41, 5.74) is 1.64. The van der Waals surface area contributed by atoms with Crippen molar-refractivity contribution in [2.24, 2.45) is 10.8 Å². The van der Waals surface area contributed by atoms with Crippen molar-refractivity contribution in [3.63, 3.8) is 0 Å². The van der Waals surface area contributed by atoms with Gasteiger partial charge in [-0.25, -0.2) is 9.88 Å². The zero-order chi connectivity index (χ0) is 27.6. The average Bonchev–Trinajstić information content (AvgIpc) is 2.63. The van der Waals surface area contributed by atoms with Crippen LogP contribution in [0.2, 0.25) is 0 Å². The molecule has 0 aliphatic carbocycles. The molecule has 0 aliphatic rings. The van der Waals surface area contributed by atoms with Crippen LogP contribution in [0.4, 0.5) is 4.79 Å². The molecule has 0 radical (unpaired) electrons. The third-order valence-corrected chi connectivity index (χ3v) is 7.91. The number of hydrogen-bond donors (Lipinski definition) is 2. The number of nitrogens with one attached hydrogen (secondary N) is 1. The molecular formula is C29H44NO4PS. The molecule has 0 heterocycles. The van der Waals surface area contributed by atoms with Crippen LogP contribution in [-0.2, 0) is 22.6 Å². The predicted octanol–water partition coefficient (Wildman–Crippen LogP) is 9.06. The van der Waals surface area contributed by atoms with E-state index < -0.39 is 12.7 Å². The van der Waals surface area contributed by atoms with Gasteiger partial charge in [-0.3, -0.25) is 0 Å². The molecule has 0 saturated heterocycles. The van der Waals surface area contributed by atoms with E-state index in [1.54, 1.807) is 0 Å². The Balaban J connectivity index is 2.53. The van der Waals surface area contributed by atoms with E-state index in [0.717, 1.165) is 24.0 Å². The molecule has 0 spiro atoms. The molecule has 36 heavy (non-hydrogen) atoms.